The van der Waals surface area contributed by atoms with Crippen LogP contribution in [0.3, 0.4) is 0 Å². The van der Waals surface area contributed by atoms with Gasteiger partial charge in [-0.2, -0.15) is 11.3 Å². The minimum Gasteiger partial charge on any atom is -0.490 e. The number of amides is 2. The molecule has 0 fully saturated rings. The number of thiophene rings is 1. The van der Waals surface area contributed by atoms with Crippen molar-refractivity contribution in [3.05, 3.63) is 40.6 Å². The van der Waals surface area contributed by atoms with E-state index in [1.165, 1.54) is 0 Å². The van der Waals surface area contributed by atoms with Gasteiger partial charge in [0.05, 0.1) is 17.5 Å². The minimum absolute atomic E-state index is 0.0694. The lowest BCUT2D eigenvalue weighted by atomic mass is 9.92. The zero-order valence-corrected chi connectivity index (χ0v) is 17.8. The number of anilines is 2. The fourth-order valence-electron chi connectivity index (χ4n) is 3.12. The van der Waals surface area contributed by atoms with Crippen LogP contribution in [0.1, 0.15) is 39.7 Å². The van der Waals surface area contributed by atoms with Crippen molar-refractivity contribution in [2.75, 3.05) is 23.4 Å². The lowest BCUT2D eigenvalue weighted by Gasteiger charge is -2.28. The van der Waals surface area contributed by atoms with Crippen molar-refractivity contribution >= 4 is 34.5 Å². The minimum atomic E-state index is -0.599. The summed E-state index contributed by atoms with van der Waals surface area (Å²) in [5, 5.41) is 6.86. The zero-order valence-electron chi connectivity index (χ0n) is 17.0. The molecule has 0 unspecified atom stereocenters. The number of nitrogens with one attached hydrogen (secondary N) is 1. The van der Waals surface area contributed by atoms with E-state index < -0.39 is 5.41 Å². The summed E-state index contributed by atoms with van der Waals surface area (Å²) in [5.41, 5.74) is 1.85. The predicted octanol–water partition coefficient (Wildman–Crippen LogP) is 4.73. The molecule has 0 saturated carbocycles. The Balaban J connectivity index is 1.81. The van der Waals surface area contributed by atoms with Crippen LogP contribution in [0.15, 0.2) is 35.0 Å². The van der Waals surface area contributed by atoms with Gasteiger partial charge in [0.15, 0.2) is 0 Å². The third kappa shape index (κ3) is 4.73. The summed E-state index contributed by atoms with van der Waals surface area (Å²) < 4.78 is 5.99. The molecule has 1 aromatic carbocycles. The molecular weight excluding hydrogens is 372 g/mol. The van der Waals surface area contributed by atoms with Gasteiger partial charge in [-0.3, -0.25) is 9.59 Å². The van der Waals surface area contributed by atoms with Crippen LogP contribution in [0.5, 0.6) is 5.75 Å². The van der Waals surface area contributed by atoms with Gasteiger partial charge in [-0.05, 0) is 60.7 Å². The second-order valence-corrected chi connectivity index (χ2v) is 9.13. The molecule has 2 aromatic rings. The number of benzene rings is 1. The van der Waals surface area contributed by atoms with Gasteiger partial charge >= 0.3 is 0 Å². The van der Waals surface area contributed by atoms with Crippen molar-refractivity contribution in [1.29, 1.82) is 0 Å². The first kappa shape index (κ1) is 20.4. The van der Waals surface area contributed by atoms with Gasteiger partial charge in [-0.25, -0.2) is 0 Å². The van der Waals surface area contributed by atoms with E-state index in [9.17, 15) is 9.59 Å². The number of carbonyl (C=O) groups excluding carboxylic acids is 2. The summed E-state index contributed by atoms with van der Waals surface area (Å²) >= 11 is 1.58. The lowest BCUT2D eigenvalue weighted by Crippen LogP contribution is -2.42. The van der Waals surface area contributed by atoms with Crippen LogP contribution in [0, 0.1) is 11.3 Å². The van der Waals surface area contributed by atoms with E-state index in [1.54, 1.807) is 11.3 Å². The molecule has 1 aromatic heterocycles. The number of hydrogen-bond donors (Lipinski definition) is 1. The second-order valence-electron chi connectivity index (χ2n) is 8.35. The Morgan fingerprint density at radius 2 is 2.11 bits per heavy atom. The maximum atomic E-state index is 13.1. The molecule has 5 nitrogen and oxygen atoms in total. The van der Waals surface area contributed by atoms with Gasteiger partial charge in [-0.1, -0.05) is 13.8 Å². The molecule has 1 N–H and O–H groups in total. The molecule has 1 aliphatic heterocycles. The van der Waals surface area contributed by atoms with Crippen molar-refractivity contribution in [3.63, 3.8) is 0 Å². The summed E-state index contributed by atoms with van der Waals surface area (Å²) in [5.74, 6) is 1.14. The summed E-state index contributed by atoms with van der Waals surface area (Å²) in [6, 6.07) is 7.47. The third-order valence-corrected chi connectivity index (χ3v) is 5.55. The van der Waals surface area contributed by atoms with Crippen molar-refractivity contribution in [3.8, 4) is 5.75 Å². The van der Waals surface area contributed by atoms with Crippen LogP contribution in [-0.4, -0.2) is 25.0 Å². The summed E-state index contributed by atoms with van der Waals surface area (Å²) in [4.78, 5) is 27.2. The number of carbonyl (C=O) groups is 2. The molecule has 0 saturated heterocycles. The highest BCUT2D eigenvalue weighted by Gasteiger charge is 2.37. The number of rotatable bonds is 6. The maximum Gasteiger partial charge on any atom is 0.236 e. The number of hydrogen-bond acceptors (Lipinski definition) is 4. The van der Waals surface area contributed by atoms with Gasteiger partial charge in [0.1, 0.15) is 12.4 Å². The summed E-state index contributed by atoms with van der Waals surface area (Å²) in [7, 11) is 0. The highest BCUT2D eigenvalue weighted by molar-refractivity contribution is 7.08. The average Bonchev–Trinajstić information content (AvgIpc) is 3.10. The van der Waals surface area contributed by atoms with E-state index in [2.05, 4.69) is 19.2 Å². The fourth-order valence-corrected chi connectivity index (χ4v) is 3.79. The van der Waals surface area contributed by atoms with E-state index in [0.29, 0.717) is 36.9 Å². The Morgan fingerprint density at radius 1 is 1.32 bits per heavy atom. The quantitative estimate of drug-likeness (QED) is 0.763. The summed E-state index contributed by atoms with van der Waals surface area (Å²) in [6.07, 6.45) is 1.26. The Labute approximate surface area is 170 Å². The van der Waals surface area contributed by atoms with Gasteiger partial charge < -0.3 is 15.0 Å². The van der Waals surface area contributed by atoms with Crippen LogP contribution >= 0.6 is 11.3 Å². The van der Waals surface area contributed by atoms with Crippen LogP contribution in [0.2, 0.25) is 0 Å². The van der Waals surface area contributed by atoms with Gasteiger partial charge in [0.25, 0.3) is 0 Å². The van der Waals surface area contributed by atoms with Gasteiger partial charge in [-0.15, -0.1) is 0 Å². The number of ether oxygens (including phenoxy) is 1. The molecule has 0 atom stereocenters. The van der Waals surface area contributed by atoms with E-state index in [4.69, 9.17) is 4.74 Å². The van der Waals surface area contributed by atoms with Crippen LogP contribution in [0.4, 0.5) is 11.4 Å². The highest BCUT2D eigenvalue weighted by Crippen LogP contribution is 2.38. The second kappa shape index (κ2) is 8.35. The number of nitrogens with zero attached hydrogens (tertiary/aromatic N) is 1. The van der Waals surface area contributed by atoms with Crippen LogP contribution in [0.25, 0.3) is 0 Å². The van der Waals surface area contributed by atoms with Gasteiger partial charge in [0.2, 0.25) is 11.8 Å². The first-order valence-electron chi connectivity index (χ1n) is 9.66. The molecule has 1 aliphatic rings. The Bertz CT molecular complexity index is 843. The normalized spacial score (nSPS) is 15.8. The van der Waals surface area contributed by atoms with Crippen LogP contribution < -0.4 is 15.0 Å². The molecule has 0 aliphatic carbocycles. The van der Waals surface area contributed by atoms with Crippen molar-refractivity contribution < 1.29 is 14.3 Å². The molecule has 3 rings (SSSR count). The van der Waals surface area contributed by atoms with E-state index in [-0.39, 0.29) is 11.8 Å². The topological polar surface area (TPSA) is 58.6 Å². The molecule has 2 heterocycles. The van der Waals surface area contributed by atoms with E-state index in [0.717, 1.165) is 17.7 Å². The van der Waals surface area contributed by atoms with Crippen LogP contribution in [-0.2, 0) is 16.0 Å². The maximum absolute atomic E-state index is 13.1. The van der Waals surface area contributed by atoms with Crippen molar-refractivity contribution in [2.24, 2.45) is 11.3 Å². The molecule has 0 spiro atoms. The number of fused-ring (bicyclic) bond motifs is 1. The Hall–Kier alpha value is -2.34. The zero-order chi connectivity index (χ0) is 20.3. The largest absolute Gasteiger partial charge is 0.490 e. The Kier molecular flexibility index (Phi) is 6.08. The molecule has 0 radical (unpaired) electrons. The smallest absolute Gasteiger partial charge is 0.236 e. The molecule has 28 heavy (non-hydrogen) atoms. The predicted molar refractivity (Wildman–Crippen MR) is 114 cm³/mol. The molecule has 6 heteroatoms. The third-order valence-electron chi connectivity index (χ3n) is 4.82. The summed E-state index contributed by atoms with van der Waals surface area (Å²) in [6.45, 7) is 9.08. The molecular formula is C22H28N2O3S. The fraction of sp³-hybridized carbons (Fsp3) is 0.455. The van der Waals surface area contributed by atoms with E-state index >= 15 is 0 Å². The van der Waals surface area contributed by atoms with E-state index in [1.807, 2.05) is 53.8 Å². The highest BCUT2D eigenvalue weighted by atomic mass is 32.1. The first-order valence-corrected chi connectivity index (χ1v) is 10.6. The Morgan fingerprint density at radius 3 is 2.79 bits per heavy atom. The molecule has 2 amide bonds. The monoisotopic (exact) mass is 400 g/mol. The average molecular weight is 401 g/mol. The SMILES string of the molecule is CC(C)CCN1C(=O)C(C)(C)COc2cc(NC(=O)Cc3ccsc3)ccc21. The standard InChI is InChI=1S/C22H28N2O3S/c1-15(2)7-9-24-18-6-5-17(23-20(25)11-16-8-10-28-13-16)12-19(18)27-14-22(3,4)21(24)26/h5-6,8,10,12-13,15H,7,9,11,14H2,1-4H3,(H,23,25). The lowest BCUT2D eigenvalue weighted by molar-refractivity contribution is -0.127. The van der Waals surface area contributed by atoms with Crippen molar-refractivity contribution in [2.45, 2.75) is 40.5 Å². The van der Waals surface area contributed by atoms with Crippen molar-refractivity contribution in [1.82, 2.24) is 0 Å². The molecule has 150 valence electrons. The molecule has 0 bridgehead atoms. The van der Waals surface area contributed by atoms with Gasteiger partial charge in [0, 0.05) is 18.3 Å². The first-order chi connectivity index (χ1) is 13.3.